The molecule has 4 rings (SSSR count). The normalized spacial score (nSPS) is 12.5. The Morgan fingerprint density at radius 3 is 2.55 bits per heavy atom. The van der Waals surface area contributed by atoms with Crippen molar-refractivity contribution in [2.75, 3.05) is 6.61 Å². The first-order valence-corrected chi connectivity index (χ1v) is 11.3. The van der Waals surface area contributed by atoms with E-state index in [1.807, 2.05) is 42.8 Å². The number of nitrogens with zero attached hydrogens (tertiary/aromatic N) is 4. The predicted octanol–water partition coefficient (Wildman–Crippen LogP) is 4.87. The number of rotatable bonds is 7. The summed E-state index contributed by atoms with van der Waals surface area (Å²) >= 11 is 7.15. The van der Waals surface area contributed by atoms with Crippen LogP contribution in [0.5, 0.6) is 0 Å². The molecule has 3 heterocycles. The third-order valence-corrected chi connectivity index (χ3v) is 6.62. The maximum atomic E-state index is 13.6. The van der Waals surface area contributed by atoms with Crippen molar-refractivity contribution in [1.29, 1.82) is 0 Å². The van der Waals surface area contributed by atoms with E-state index in [2.05, 4.69) is 10.1 Å². The van der Waals surface area contributed by atoms with E-state index in [0.717, 1.165) is 44.6 Å². The Bertz CT molecular complexity index is 1350. The van der Waals surface area contributed by atoms with Gasteiger partial charge in [-0.2, -0.15) is 5.10 Å². The molecule has 0 saturated heterocycles. The topological polar surface area (TPSA) is 72.9 Å². The zero-order valence-corrected chi connectivity index (χ0v) is 19.4. The fourth-order valence-electron chi connectivity index (χ4n) is 3.72. The molecule has 3 aromatic heterocycles. The Hall–Kier alpha value is -2.88. The minimum Gasteiger partial charge on any atom is -0.394 e. The van der Waals surface area contributed by atoms with Gasteiger partial charge in [0.25, 0.3) is 12.0 Å². The number of aliphatic hydroxyl groups is 1. The summed E-state index contributed by atoms with van der Waals surface area (Å²) in [6.45, 7) is 3.36. The first-order chi connectivity index (χ1) is 15.8. The van der Waals surface area contributed by atoms with Crippen LogP contribution in [0.3, 0.4) is 0 Å². The number of aryl methyl sites for hydroxylation is 2. The van der Waals surface area contributed by atoms with Crippen LogP contribution in [0.2, 0.25) is 4.34 Å². The Morgan fingerprint density at radius 2 is 1.97 bits per heavy atom. The second-order valence-corrected chi connectivity index (χ2v) is 9.45. The molecule has 4 aromatic rings. The number of halogens is 3. The minimum absolute atomic E-state index is 0.147. The zero-order valence-electron chi connectivity index (χ0n) is 17.9. The summed E-state index contributed by atoms with van der Waals surface area (Å²) < 4.78 is 30.5. The van der Waals surface area contributed by atoms with Crippen LogP contribution in [0.25, 0.3) is 5.69 Å². The van der Waals surface area contributed by atoms with E-state index in [-0.39, 0.29) is 12.0 Å². The third-order valence-electron chi connectivity index (χ3n) is 5.29. The molecular formula is C23H21ClF2N4O2S. The number of alkyl halides is 2. The zero-order chi connectivity index (χ0) is 23.7. The minimum atomic E-state index is -2.87. The maximum Gasteiger partial charge on any atom is 0.282 e. The number of benzene rings is 1. The molecule has 10 heteroatoms. The van der Waals surface area contributed by atoms with Gasteiger partial charge in [0.1, 0.15) is 11.7 Å². The molecule has 0 spiro atoms. The second-order valence-electron chi connectivity index (χ2n) is 7.71. The standard InChI is InChI=1S/C23H21ClF2N4O2S/c1-13-7-15(3-4-18(13)29-10-14(2)27-12-29)8-16-9-17(22(25)26)28-30(23(16)32)19(11-31)20-5-6-21(24)33-20/h3-7,9-10,12,19,22,31H,8,11H2,1-2H3/t19-/m0/s1. The van der Waals surface area contributed by atoms with Gasteiger partial charge in [-0.15, -0.1) is 11.3 Å². The SMILES string of the molecule is Cc1cn(-c2ccc(Cc3cc(C(F)F)nn([C@@H](CO)c4ccc(Cl)s4)c3=O)cc2C)cn1. The van der Waals surface area contributed by atoms with Crippen molar-refractivity contribution in [3.63, 3.8) is 0 Å². The molecule has 0 radical (unpaired) electrons. The van der Waals surface area contributed by atoms with Gasteiger partial charge < -0.3 is 9.67 Å². The Morgan fingerprint density at radius 1 is 1.18 bits per heavy atom. The number of thiophene rings is 1. The highest BCUT2D eigenvalue weighted by molar-refractivity contribution is 7.16. The van der Waals surface area contributed by atoms with Crippen LogP contribution in [-0.4, -0.2) is 31.0 Å². The summed E-state index contributed by atoms with van der Waals surface area (Å²) in [5, 5.41) is 13.8. The number of imidazole rings is 1. The predicted molar refractivity (Wildman–Crippen MR) is 124 cm³/mol. The molecule has 6 nitrogen and oxygen atoms in total. The monoisotopic (exact) mass is 490 g/mol. The lowest BCUT2D eigenvalue weighted by atomic mass is 10.0. The third kappa shape index (κ3) is 4.90. The summed E-state index contributed by atoms with van der Waals surface area (Å²) in [4.78, 5) is 18.0. The molecule has 0 aliphatic carbocycles. The summed E-state index contributed by atoms with van der Waals surface area (Å²) in [5.74, 6) is 0. The van der Waals surface area contributed by atoms with Crippen LogP contribution in [0.1, 0.15) is 45.4 Å². The quantitative estimate of drug-likeness (QED) is 0.401. The van der Waals surface area contributed by atoms with E-state index in [1.165, 1.54) is 0 Å². The van der Waals surface area contributed by atoms with E-state index in [1.54, 1.807) is 18.5 Å². The highest BCUT2D eigenvalue weighted by atomic mass is 35.5. The maximum absolute atomic E-state index is 13.6. The molecule has 0 aliphatic heterocycles. The van der Waals surface area contributed by atoms with E-state index in [0.29, 0.717) is 9.21 Å². The van der Waals surface area contributed by atoms with Crippen molar-refractivity contribution >= 4 is 22.9 Å². The number of hydrogen-bond donors (Lipinski definition) is 1. The summed E-state index contributed by atoms with van der Waals surface area (Å²) in [6.07, 6.45) is 0.911. The molecule has 1 aromatic carbocycles. The summed E-state index contributed by atoms with van der Waals surface area (Å²) in [5.41, 5.74) is 2.70. The van der Waals surface area contributed by atoms with Crippen molar-refractivity contribution in [3.8, 4) is 5.69 Å². The Balaban J connectivity index is 1.73. The molecule has 0 fully saturated rings. The lowest BCUT2D eigenvalue weighted by Crippen LogP contribution is -2.33. The Labute approximate surface area is 197 Å². The summed E-state index contributed by atoms with van der Waals surface area (Å²) in [6, 6.07) is 9.19. The van der Waals surface area contributed by atoms with E-state index >= 15 is 0 Å². The smallest absolute Gasteiger partial charge is 0.282 e. The molecular weight excluding hydrogens is 470 g/mol. The highest BCUT2D eigenvalue weighted by Crippen LogP contribution is 2.29. The van der Waals surface area contributed by atoms with E-state index in [4.69, 9.17) is 11.6 Å². The first kappa shape index (κ1) is 23.3. The van der Waals surface area contributed by atoms with Crippen molar-refractivity contribution in [2.45, 2.75) is 32.7 Å². The second kappa shape index (κ2) is 9.54. The van der Waals surface area contributed by atoms with Gasteiger partial charge in [-0.3, -0.25) is 4.79 Å². The van der Waals surface area contributed by atoms with Crippen LogP contribution in [0, 0.1) is 13.8 Å². The average molecular weight is 491 g/mol. The fraction of sp³-hybridized carbons (Fsp3) is 0.261. The number of hydrogen-bond acceptors (Lipinski definition) is 5. The largest absolute Gasteiger partial charge is 0.394 e. The molecule has 0 amide bonds. The van der Waals surface area contributed by atoms with Gasteiger partial charge >= 0.3 is 0 Å². The van der Waals surface area contributed by atoms with Gasteiger partial charge in [-0.05, 0) is 49.2 Å². The van der Waals surface area contributed by atoms with Gasteiger partial charge in [-0.1, -0.05) is 23.7 Å². The van der Waals surface area contributed by atoms with Crippen molar-refractivity contribution in [2.24, 2.45) is 0 Å². The van der Waals surface area contributed by atoms with Gasteiger partial charge in [0, 0.05) is 28.7 Å². The van der Waals surface area contributed by atoms with E-state index in [9.17, 15) is 18.7 Å². The van der Waals surface area contributed by atoms with Gasteiger partial charge in [-0.25, -0.2) is 18.4 Å². The summed E-state index contributed by atoms with van der Waals surface area (Å²) in [7, 11) is 0. The van der Waals surface area contributed by atoms with Gasteiger partial charge in [0.15, 0.2) is 0 Å². The molecule has 33 heavy (non-hydrogen) atoms. The molecule has 0 bridgehead atoms. The van der Waals surface area contributed by atoms with Crippen LogP contribution in [0.15, 0.2) is 53.7 Å². The van der Waals surface area contributed by atoms with Crippen molar-refractivity contribution in [1.82, 2.24) is 19.3 Å². The number of aromatic nitrogens is 4. The highest BCUT2D eigenvalue weighted by Gasteiger charge is 2.23. The van der Waals surface area contributed by atoms with Crippen LogP contribution in [-0.2, 0) is 6.42 Å². The molecule has 172 valence electrons. The Kier molecular flexibility index (Phi) is 6.73. The van der Waals surface area contributed by atoms with E-state index < -0.39 is 30.3 Å². The molecule has 0 aliphatic rings. The molecule has 1 N–H and O–H groups in total. The lowest BCUT2D eigenvalue weighted by molar-refractivity contribution is 0.140. The van der Waals surface area contributed by atoms with Gasteiger partial charge in [0.05, 0.1) is 23.0 Å². The van der Waals surface area contributed by atoms with Gasteiger partial charge in [0.2, 0.25) is 0 Å². The van der Waals surface area contributed by atoms with Crippen LogP contribution in [0.4, 0.5) is 8.78 Å². The molecule has 1 atom stereocenters. The fourth-order valence-corrected chi connectivity index (χ4v) is 4.85. The molecule has 0 saturated carbocycles. The van der Waals surface area contributed by atoms with Crippen molar-refractivity contribution in [3.05, 3.63) is 96.6 Å². The lowest BCUT2D eigenvalue weighted by Gasteiger charge is -2.17. The first-order valence-electron chi connectivity index (χ1n) is 10.1. The molecule has 0 unspecified atom stereocenters. The van der Waals surface area contributed by atoms with Crippen LogP contribution < -0.4 is 5.56 Å². The van der Waals surface area contributed by atoms with Crippen molar-refractivity contribution < 1.29 is 13.9 Å². The van der Waals surface area contributed by atoms with Crippen LogP contribution >= 0.6 is 22.9 Å². The average Bonchev–Trinajstić information content (AvgIpc) is 3.39. The number of aliphatic hydroxyl groups excluding tert-OH is 1.